The minimum atomic E-state index is -0.393. The van der Waals surface area contributed by atoms with Gasteiger partial charge >= 0.3 is 0 Å². The van der Waals surface area contributed by atoms with Crippen molar-refractivity contribution in [1.29, 1.82) is 0 Å². The molecule has 0 aliphatic rings. The molecule has 3 N–H and O–H groups in total. The summed E-state index contributed by atoms with van der Waals surface area (Å²) in [6, 6.07) is 15.4. The van der Waals surface area contributed by atoms with Crippen LogP contribution in [0.3, 0.4) is 0 Å². The van der Waals surface area contributed by atoms with Crippen LogP contribution in [0.1, 0.15) is 6.92 Å². The third kappa shape index (κ3) is 3.60. The van der Waals surface area contributed by atoms with Crippen LogP contribution >= 0.6 is 0 Å². The Morgan fingerprint density at radius 3 is 2.54 bits per heavy atom. The maximum atomic E-state index is 13.9. The van der Waals surface area contributed by atoms with E-state index in [4.69, 9.17) is 10.5 Å². The largest absolute Gasteiger partial charge is 0.494 e. The summed E-state index contributed by atoms with van der Waals surface area (Å²) in [5.41, 5.74) is 6.95. The number of anilines is 3. The van der Waals surface area contributed by atoms with Gasteiger partial charge in [0.25, 0.3) is 0 Å². The van der Waals surface area contributed by atoms with E-state index in [0.717, 1.165) is 11.4 Å². The molecule has 3 aromatic rings. The molecule has 6 heteroatoms. The molecule has 0 saturated heterocycles. The highest BCUT2D eigenvalue weighted by molar-refractivity contribution is 5.65. The van der Waals surface area contributed by atoms with Gasteiger partial charge in [0.05, 0.1) is 12.2 Å². The molecule has 1 heterocycles. The predicted octanol–water partition coefficient (Wildman–Crippen LogP) is 4.01. The Bertz CT molecular complexity index is 837. The van der Waals surface area contributed by atoms with Crippen LogP contribution < -0.4 is 15.8 Å². The highest BCUT2D eigenvalue weighted by atomic mass is 19.1. The third-order valence-corrected chi connectivity index (χ3v) is 3.30. The summed E-state index contributed by atoms with van der Waals surface area (Å²) in [5, 5.41) is 3.13. The molecule has 122 valence electrons. The molecule has 0 aliphatic heterocycles. The fraction of sp³-hybridized carbons (Fsp3) is 0.111. The first-order chi connectivity index (χ1) is 11.7. The van der Waals surface area contributed by atoms with Crippen molar-refractivity contribution in [2.45, 2.75) is 6.92 Å². The normalized spacial score (nSPS) is 10.4. The topological polar surface area (TPSA) is 73.1 Å². The van der Waals surface area contributed by atoms with Crippen LogP contribution in [0.2, 0.25) is 0 Å². The van der Waals surface area contributed by atoms with E-state index < -0.39 is 5.82 Å². The van der Waals surface area contributed by atoms with Gasteiger partial charge in [0.1, 0.15) is 23.2 Å². The molecular formula is C18H17FN4O. The first-order valence-corrected chi connectivity index (χ1v) is 7.55. The van der Waals surface area contributed by atoms with Crippen LogP contribution in [0.15, 0.2) is 54.6 Å². The Morgan fingerprint density at radius 1 is 1.08 bits per heavy atom. The lowest BCUT2D eigenvalue weighted by atomic mass is 10.2. The smallest absolute Gasteiger partial charge is 0.166 e. The molecule has 24 heavy (non-hydrogen) atoms. The average molecular weight is 324 g/mol. The van der Waals surface area contributed by atoms with Crippen LogP contribution in [-0.4, -0.2) is 16.6 Å². The minimum absolute atomic E-state index is 0.238. The van der Waals surface area contributed by atoms with Crippen molar-refractivity contribution in [2.75, 3.05) is 17.7 Å². The molecule has 0 radical (unpaired) electrons. The number of nitrogens with one attached hydrogen (secondary N) is 1. The summed E-state index contributed by atoms with van der Waals surface area (Å²) < 4.78 is 19.3. The van der Waals surface area contributed by atoms with Crippen LogP contribution in [-0.2, 0) is 0 Å². The third-order valence-electron chi connectivity index (χ3n) is 3.30. The zero-order chi connectivity index (χ0) is 16.9. The second-order valence-electron chi connectivity index (χ2n) is 5.06. The number of rotatable bonds is 5. The molecule has 5 nitrogen and oxygen atoms in total. The molecule has 2 aromatic carbocycles. The molecule has 3 rings (SSSR count). The van der Waals surface area contributed by atoms with Crippen LogP contribution in [0.25, 0.3) is 11.4 Å². The van der Waals surface area contributed by atoms with E-state index >= 15 is 0 Å². The van der Waals surface area contributed by atoms with Gasteiger partial charge in [0.15, 0.2) is 5.82 Å². The Balaban J connectivity index is 1.88. The summed E-state index contributed by atoms with van der Waals surface area (Å²) in [7, 11) is 0. The summed E-state index contributed by atoms with van der Waals surface area (Å²) in [6.45, 7) is 2.54. The SMILES string of the molecule is CCOc1ccc(Nc2cc(N)nc(-c3ccccc3F)n2)cc1. The molecule has 0 atom stereocenters. The number of nitrogen functional groups attached to an aromatic ring is 1. The van der Waals surface area contributed by atoms with E-state index in [9.17, 15) is 4.39 Å². The Labute approximate surface area is 139 Å². The van der Waals surface area contributed by atoms with Gasteiger partial charge in [-0.1, -0.05) is 12.1 Å². The van der Waals surface area contributed by atoms with Crippen molar-refractivity contribution < 1.29 is 9.13 Å². The zero-order valence-electron chi connectivity index (χ0n) is 13.2. The predicted molar refractivity (Wildman–Crippen MR) is 92.7 cm³/mol. The number of ether oxygens (including phenoxy) is 1. The number of aromatic nitrogens is 2. The van der Waals surface area contributed by atoms with Crippen LogP contribution in [0.5, 0.6) is 5.75 Å². The zero-order valence-corrected chi connectivity index (χ0v) is 13.2. The first kappa shape index (κ1) is 15.7. The second-order valence-corrected chi connectivity index (χ2v) is 5.06. The first-order valence-electron chi connectivity index (χ1n) is 7.55. The lowest BCUT2D eigenvalue weighted by molar-refractivity contribution is 0.340. The average Bonchev–Trinajstić information content (AvgIpc) is 2.57. The van der Waals surface area contributed by atoms with Crippen molar-refractivity contribution in [2.24, 2.45) is 0 Å². The summed E-state index contributed by atoms with van der Waals surface area (Å²) in [6.07, 6.45) is 0. The van der Waals surface area contributed by atoms with E-state index in [-0.39, 0.29) is 11.6 Å². The van der Waals surface area contributed by atoms with Gasteiger partial charge in [-0.15, -0.1) is 0 Å². The van der Waals surface area contributed by atoms with E-state index in [2.05, 4.69) is 15.3 Å². The van der Waals surface area contributed by atoms with Gasteiger partial charge in [0.2, 0.25) is 0 Å². The molecule has 0 saturated carbocycles. The molecule has 0 fully saturated rings. The number of halogens is 1. The Morgan fingerprint density at radius 2 is 1.83 bits per heavy atom. The van der Waals surface area contributed by atoms with Crippen LogP contribution in [0.4, 0.5) is 21.7 Å². The molecule has 0 amide bonds. The lowest BCUT2D eigenvalue weighted by Gasteiger charge is -2.10. The molecule has 0 spiro atoms. The fourth-order valence-electron chi connectivity index (χ4n) is 2.24. The molecular weight excluding hydrogens is 307 g/mol. The van der Waals surface area contributed by atoms with Crippen molar-refractivity contribution in [3.05, 3.63) is 60.4 Å². The molecule has 0 unspecified atom stereocenters. The molecule has 1 aromatic heterocycles. The monoisotopic (exact) mass is 324 g/mol. The Hall–Kier alpha value is -3.15. The summed E-state index contributed by atoms with van der Waals surface area (Å²) in [5.74, 6) is 1.38. The number of nitrogens with two attached hydrogens (primary N) is 1. The summed E-state index contributed by atoms with van der Waals surface area (Å²) >= 11 is 0. The number of hydrogen-bond donors (Lipinski definition) is 2. The fourth-order valence-corrected chi connectivity index (χ4v) is 2.24. The summed E-state index contributed by atoms with van der Waals surface area (Å²) in [4.78, 5) is 8.46. The van der Waals surface area contributed by atoms with E-state index in [1.165, 1.54) is 6.07 Å². The van der Waals surface area contributed by atoms with E-state index in [1.54, 1.807) is 24.3 Å². The van der Waals surface area contributed by atoms with Crippen molar-refractivity contribution in [3.8, 4) is 17.1 Å². The Kier molecular flexibility index (Phi) is 4.56. The van der Waals surface area contributed by atoms with Crippen molar-refractivity contribution >= 4 is 17.3 Å². The second kappa shape index (κ2) is 6.95. The standard InChI is InChI=1S/C18H17FN4O/c1-2-24-13-9-7-12(8-10-13)21-17-11-16(20)22-18(23-17)14-5-3-4-6-15(14)19/h3-11H,2H2,1H3,(H3,20,21,22,23). The maximum Gasteiger partial charge on any atom is 0.166 e. The number of benzene rings is 2. The van der Waals surface area contributed by atoms with Gasteiger partial charge in [-0.3, -0.25) is 0 Å². The molecule has 0 bridgehead atoms. The van der Waals surface area contributed by atoms with Gasteiger partial charge in [-0.05, 0) is 43.3 Å². The molecule has 0 aliphatic carbocycles. The van der Waals surface area contributed by atoms with Crippen LogP contribution in [0, 0.1) is 5.82 Å². The highest BCUT2D eigenvalue weighted by Gasteiger charge is 2.10. The van der Waals surface area contributed by atoms with Gasteiger partial charge < -0.3 is 15.8 Å². The number of nitrogens with zero attached hydrogens (tertiary/aromatic N) is 2. The van der Waals surface area contributed by atoms with Crippen molar-refractivity contribution in [3.63, 3.8) is 0 Å². The number of hydrogen-bond acceptors (Lipinski definition) is 5. The van der Waals surface area contributed by atoms with Crippen molar-refractivity contribution in [1.82, 2.24) is 9.97 Å². The minimum Gasteiger partial charge on any atom is -0.494 e. The highest BCUT2D eigenvalue weighted by Crippen LogP contribution is 2.24. The van der Waals surface area contributed by atoms with E-state index in [0.29, 0.717) is 18.0 Å². The quantitative estimate of drug-likeness (QED) is 0.742. The van der Waals surface area contributed by atoms with Gasteiger partial charge in [-0.25, -0.2) is 14.4 Å². The lowest BCUT2D eigenvalue weighted by Crippen LogP contribution is -2.02. The maximum absolute atomic E-state index is 13.9. The van der Waals surface area contributed by atoms with Gasteiger partial charge in [-0.2, -0.15) is 0 Å². The van der Waals surface area contributed by atoms with E-state index in [1.807, 2.05) is 31.2 Å². The van der Waals surface area contributed by atoms with Gasteiger partial charge in [0, 0.05) is 11.8 Å².